The molecule has 12 heavy (non-hydrogen) atoms. The molecule has 1 rings (SSSR count). The van der Waals surface area contributed by atoms with Gasteiger partial charge >= 0.3 is 5.70 Å². The normalized spacial score (nSPS) is 17.3. The Balaban J connectivity index is 3.00. The Morgan fingerprint density at radius 1 is 1.58 bits per heavy atom. The van der Waals surface area contributed by atoms with Gasteiger partial charge in [0.15, 0.2) is 5.83 Å². The Bertz CT molecular complexity index is 307. The summed E-state index contributed by atoms with van der Waals surface area (Å²) in [6, 6.07) is 0. The molecule has 0 aromatic heterocycles. The standard InChI is InChI=1S/C7H6FNO2S/c8-6-3-1-5(12)2-4-7(6)9(10)11/h1,3-4,12H,2H2. The van der Waals surface area contributed by atoms with Crippen LogP contribution >= 0.6 is 12.6 Å². The molecule has 0 N–H and O–H groups in total. The fraction of sp³-hybridized carbons (Fsp3) is 0.143. The average Bonchev–Trinajstić information content (AvgIpc) is 2.14. The van der Waals surface area contributed by atoms with E-state index < -0.39 is 16.4 Å². The first-order valence-corrected chi connectivity index (χ1v) is 3.66. The van der Waals surface area contributed by atoms with Crippen molar-refractivity contribution in [3.8, 4) is 0 Å². The number of nitro groups is 1. The van der Waals surface area contributed by atoms with Crippen molar-refractivity contribution in [2.45, 2.75) is 6.42 Å². The number of allylic oxidation sites excluding steroid dienone is 5. The third kappa shape index (κ3) is 1.94. The summed E-state index contributed by atoms with van der Waals surface area (Å²) < 4.78 is 12.8. The molecule has 0 aromatic carbocycles. The fourth-order valence-electron chi connectivity index (χ4n) is 0.783. The summed E-state index contributed by atoms with van der Waals surface area (Å²) >= 11 is 3.96. The second-order valence-corrected chi connectivity index (χ2v) is 2.80. The van der Waals surface area contributed by atoms with Crippen LogP contribution in [0.4, 0.5) is 4.39 Å². The molecule has 0 fully saturated rings. The van der Waals surface area contributed by atoms with E-state index in [1.807, 2.05) is 0 Å². The van der Waals surface area contributed by atoms with Crippen molar-refractivity contribution in [2.24, 2.45) is 0 Å². The number of hydrogen-bond acceptors (Lipinski definition) is 3. The van der Waals surface area contributed by atoms with Crippen LogP contribution in [-0.2, 0) is 0 Å². The van der Waals surface area contributed by atoms with Gasteiger partial charge in [-0.2, -0.15) is 4.39 Å². The molecule has 3 nitrogen and oxygen atoms in total. The highest BCUT2D eigenvalue weighted by Crippen LogP contribution is 2.20. The van der Waals surface area contributed by atoms with Gasteiger partial charge in [-0.25, -0.2) is 0 Å². The molecule has 5 heteroatoms. The van der Waals surface area contributed by atoms with E-state index >= 15 is 0 Å². The Morgan fingerprint density at radius 3 is 2.83 bits per heavy atom. The molecule has 0 bridgehead atoms. The average molecular weight is 187 g/mol. The largest absolute Gasteiger partial charge is 0.301 e. The molecule has 0 unspecified atom stereocenters. The van der Waals surface area contributed by atoms with Gasteiger partial charge < -0.3 is 0 Å². The molecule has 0 spiro atoms. The summed E-state index contributed by atoms with van der Waals surface area (Å²) in [7, 11) is 0. The first kappa shape index (κ1) is 8.99. The Labute approximate surface area is 73.8 Å². The van der Waals surface area contributed by atoms with Crippen LogP contribution in [0, 0.1) is 10.1 Å². The molecule has 0 saturated carbocycles. The molecule has 0 atom stereocenters. The van der Waals surface area contributed by atoms with Gasteiger partial charge in [-0.15, -0.1) is 12.6 Å². The van der Waals surface area contributed by atoms with E-state index in [-0.39, 0.29) is 0 Å². The zero-order valence-corrected chi connectivity index (χ0v) is 6.92. The summed E-state index contributed by atoms with van der Waals surface area (Å²) in [5, 5.41) is 10.2. The maximum atomic E-state index is 12.8. The lowest BCUT2D eigenvalue weighted by atomic mass is 10.3. The van der Waals surface area contributed by atoms with Crippen LogP contribution in [0.15, 0.2) is 34.7 Å². The summed E-state index contributed by atoms with van der Waals surface area (Å²) in [4.78, 5) is 10.1. The molecule has 0 saturated heterocycles. The number of halogens is 1. The van der Waals surface area contributed by atoms with Gasteiger partial charge in [-0.05, 0) is 17.1 Å². The molecule has 0 heterocycles. The number of hydrogen-bond donors (Lipinski definition) is 1. The number of nitrogens with zero attached hydrogens (tertiary/aromatic N) is 1. The van der Waals surface area contributed by atoms with Crippen molar-refractivity contribution in [3.63, 3.8) is 0 Å². The van der Waals surface area contributed by atoms with E-state index in [2.05, 4.69) is 12.6 Å². The van der Waals surface area contributed by atoms with Gasteiger partial charge in [0.25, 0.3) is 0 Å². The van der Waals surface area contributed by atoms with Crippen LogP contribution in [0.2, 0.25) is 0 Å². The van der Waals surface area contributed by atoms with Crippen LogP contribution in [-0.4, -0.2) is 4.92 Å². The van der Waals surface area contributed by atoms with E-state index in [0.29, 0.717) is 11.3 Å². The summed E-state index contributed by atoms with van der Waals surface area (Å²) in [5.74, 6) is -0.830. The number of rotatable bonds is 1. The van der Waals surface area contributed by atoms with E-state index in [9.17, 15) is 14.5 Å². The van der Waals surface area contributed by atoms with Gasteiger partial charge in [-0.1, -0.05) is 0 Å². The van der Waals surface area contributed by atoms with Crippen molar-refractivity contribution in [1.29, 1.82) is 0 Å². The molecule has 0 amide bonds. The van der Waals surface area contributed by atoms with Gasteiger partial charge in [0.1, 0.15) is 0 Å². The van der Waals surface area contributed by atoms with Crippen LogP contribution in [0.1, 0.15) is 6.42 Å². The fourth-order valence-corrected chi connectivity index (χ4v) is 0.949. The Hall–Kier alpha value is -1.10. The molecule has 1 aliphatic carbocycles. The maximum Gasteiger partial charge on any atom is 0.301 e. The molecular formula is C7H6FNO2S. The van der Waals surface area contributed by atoms with Gasteiger partial charge in [0.05, 0.1) is 4.92 Å². The number of thiol groups is 1. The first-order valence-electron chi connectivity index (χ1n) is 3.21. The van der Waals surface area contributed by atoms with E-state index in [0.717, 1.165) is 6.08 Å². The van der Waals surface area contributed by atoms with E-state index in [4.69, 9.17) is 0 Å². The van der Waals surface area contributed by atoms with E-state index in [1.54, 1.807) is 0 Å². The zero-order valence-electron chi connectivity index (χ0n) is 6.03. The van der Waals surface area contributed by atoms with E-state index in [1.165, 1.54) is 12.2 Å². The van der Waals surface area contributed by atoms with Crippen molar-refractivity contribution in [2.75, 3.05) is 0 Å². The van der Waals surface area contributed by atoms with Crippen LogP contribution in [0.5, 0.6) is 0 Å². The Morgan fingerprint density at radius 2 is 2.25 bits per heavy atom. The lowest BCUT2D eigenvalue weighted by molar-refractivity contribution is -0.423. The molecule has 64 valence electrons. The second-order valence-electron chi connectivity index (χ2n) is 2.22. The van der Waals surface area contributed by atoms with Gasteiger partial charge in [0, 0.05) is 12.5 Å². The topological polar surface area (TPSA) is 43.1 Å². The van der Waals surface area contributed by atoms with Gasteiger partial charge in [0.2, 0.25) is 0 Å². The first-order chi connectivity index (χ1) is 5.61. The minimum absolute atomic E-state index is 0.295. The monoisotopic (exact) mass is 187 g/mol. The summed E-state index contributed by atoms with van der Waals surface area (Å²) in [6.45, 7) is 0. The Kier molecular flexibility index (Phi) is 2.65. The van der Waals surface area contributed by atoms with Crippen LogP contribution in [0.3, 0.4) is 0 Å². The van der Waals surface area contributed by atoms with Crippen LogP contribution in [0.25, 0.3) is 0 Å². The van der Waals surface area contributed by atoms with Crippen molar-refractivity contribution in [3.05, 3.63) is 44.8 Å². The quantitative estimate of drug-likeness (QED) is 0.388. The highest BCUT2D eigenvalue weighted by molar-refractivity contribution is 7.84. The highest BCUT2D eigenvalue weighted by atomic mass is 32.1. The minimum Gasteiger partial charge on any atom is -0.258 e. The summed E-state index contributed by atoms with van der Waals surface area (Å²) in [5.41, 5.74) is -0.490. The molecule has 1 aliphatic rings. The predicted molar refractivity (Wildman–Crippen MR) is 46.0 cm³/mol. The molecular weight excluding hydrogens is 181 g/mol. The van der Waals surface area contributed by atoms with Crippen molar-refractivity contribution < 1.29 is 9.31 Å². The smallest absolute Gasteiger partial charge is 0.258 e. The highest BCUT2D eigenvalue weighted by Gasteiger charge is 2.17. The van der Waals surface area contributed by atoms with Gasteiger partial charge in [-0.3, -0.25) is 10.1 Å². The molecule has 0 aliphatic heterocycles. The third-order valence-electron chi connectivity index (χ3n) is 1.37. The maximum absolute atomic E-state index is 12.8. The lowest BCUT2D eigenvalue weighted by Crippen LogP contribution is -1.98. The third-order valence-corrected chi connectivity index (χ3v) is 1.70. The molecule has 0 aromatic rings. The SMILES string of the molecule is O=[N+]([O-])C1=CCC(S)=CC=C1F. The minimum atomic E-state index is -0.830. The predicted octanol–water partition coefficient (Wildman–Crippen LogP) is 2.22. The second kappa shape index (κ2) is 3.53. The van der Waals surface area contributed by atoms with Crippen LogP contribution < -0.4 is 0 Å². The molecule has 0 radical (unpaired) electrons. The summed E-state index contributed by atoms with van der Waals surface area (Å²) in [6.07, 6.45) is 3.95. The van der Waals surface area contributed by atoms with Crippen molar-refractivity contribution >= 4 is 12.6 Å². The zero-order chi connectivity index (χ0) is 9.14. The lowest BCUT2D eigenvalue weighted by Gasteiger charge is -1.91. The van der Waals surface area contributed by atoms with Crippen molar-refractivity contribution in [1.82, 2.24) is 0 Å².